The van der Waals surface area contributed by atoms with Crippen molar-refractivity contribution < 1.29 is 9.53 Å². The van der Waals surface area contributed by atoms with E-state index < -0.39 is 11.7 Å². The van der Waals surface area contributed by atoms with Crippen molar-refractivity contribution in [1.82, 2.24) is 15.3 Å². The molecule has 1 aromatic rings. The molecule has 3 N–H and O–H groups in total. The van der Waals surface area contributed by atoms with Gasteiger partial charge in [-0.05, 0) is 26.7 Å². The number of hydrogen-bond acceptors (Lipinski definition) is 5. The maximum atomic E-state index is 11.3. The molecule has 0 aliphatic rings. The van der Waals surface area contributed by atoms with E-state index in [4.69, 9.17) is 10.5 Å². The predicted octanol–water partition coefficient (Wildman–Crippen LogP) is 0.935. The summed E-state index contributed by atoms with van der Waals surface area (Å²) in [7, 11) is 0. The number of carbonyl (C=O) groups excluding carboxylic acids is 1. The number of rotatable bonds is 1. The minimum Gasteiger partial charge on any atom is -0.444 e. The fourth-order valence-electron chi connectivity index (χ4n) is 0.968. The average molecular weight is 248 g/mol. The van der Waals surface area contributed by atoms with Crippen LogP contribution in [0.3, 0.4) is 0 Å². The first-order chi connectivity index (χ1) is 8.37. The van der Waals surface area contributed by atoms with Gasteiger partial charge in [0.2, 0.25) is 0 Å². The Balaban J connectivity index is 2.38. The van der Waals surface area contributed by atoms with Crippen LogP contribution in [0.1, 0.15) is 26.5 Å². The van der Waals surface area contributed by atoms with Crippen LogP contribution in [0.2, 0.25) is 0 Å². The van der Waals surface area contributed by atoms with Gasteiger partial charge in [-0.15, -0.1) is 0 Å². The minimum absolute atomic E-state index is 0.182. The smallest absolute Gasteiger partial charge is 0.408 e. The number of aromatic nitrogens is 2. The van der Waals surface area contributed by atoms with E-state index in [1.54, 1.807) is 20.8 Å². The molecule has 1 aromatic heterocycles. The zero-order valence-electron chi connectivity index (χ0n) is 10.7. The number of ether oxygens (including phenoxy) is 1. The molecule has 0 radical (unpaired) electrons. The van der Waals surface area contributed by atoms with Crippen molar-refractivity contribution in [3.05, 3.63) is 18.1 Å². The summed E-state index contributed by atoms with van der Waals surface area (Å²) in [5.41, 5.74) is 5.37. The lowest BCUT2D eigenvalue weighted by Gasteiger charge is -2.18. The van der Waals surface area contributed by atoms with Gasteiger partial charge >= 0.3 is 6.09 Å². The van der Waals surface area contributed by atoms with Gasteiger partial charge in [0.1, 0.15) is 17.1 Å². The van der Waals surface area contributed by atoms with Crippen LogP contribution in [0.15, 0.2) is 12.4 Å². The predicted molar refractivity (Wildman–Crippen MR) is 67.6 cm³/mol. The maximum Gasteiger partial charge on any atom is 0.408 e. The molecule has 0 unspecified atom stereocenters. The third-order valence-electron chi connectivity index (χ3n) is 1.61. The first-order valence-electron chi connectivity index (χ1n) is 5.40. The lowest BCUT2D eigenvalue weighted by molar-refractivity contribution is 0.0535. The highest BCUT2D eigenvalue weighted by Gasteiger charge is 2.14. The molecule has 18 heavy (non-hydrogen) atoms. The molecule has 0 aromatic carbocycles. The monoisotopic (exact) mass is 248 g/mol. The molecule has 96 valence electrons. The first-order valence-corrected chi connectivity index (χ1v) is 5.40. The SMILES string of the molecule is CC(C)(C)OC(=O)NCC#Cc1cnc(N)cn1. The summed E-state index contributed by atoms with van der Waals surface area (Å²) in [6.45, 7) is 5.56. The van der Waals surface area contributed by atoms with E-state index in [0.29, 0.717) is 11.5 Å². The molecule has 0 spiro atoms. The Morgan fingerprint density at radius 2 is 2.17 bits per heavy atom. The van der Waals surface area contributed by atoms with Crippen molar-refractivity contribution in [2.24, 2.45) is 0 Å². The summed E-state index contributed by atoms with van der Waals surface area (Å²) < 4.78 is 5.04. The van der Waals surface area contributed by atoms with Crippen molar-refractivity contribution in [1.29, 1.82) is 0 Å². The number of nitrogens with zero attached hydrogens (tertiary/aromatic N) is 2. The van der Waals surface area contributed by atoms with Crippen molar-refractivity contribution in [2.45, 2.75) is 26.4 Å². The zero-order valence-corrected chi connectivity index (χ0v) is 10.7. The van der Waals surface area contributed by atoms with Crippen LogP contribution < -0.4 is 11.1 Å². The molecule has 0 atom stereocenters. The zero-order chi connectivity index (χ0) is 13.6. The standard InChI is InChI=1S/C12H16N4O2/c1-12(2,3)18-11(17)14-6-4-5-9-7-16-10(13)8-15-9/h7-8H,6H2,1-3H3,(H2,13,16)(H,14,17). The molecule has 1 amide bonds. The van der Waals surface area contributed by atoms with Gasteiger partial charge in [0.15, 0.2) is 0 Å². The van der Waals surface area contributed by atoms with E-state index in [1.807, 2.05) is 0 Å². The number of nitrogens with one attached hydrogen (secondary N) is 1. The number of nitrogen functional groups attached to an aromatic ring is 1. The van der Waals surface area contributed by atoms with E-state index in [0.717, 1.165) is 0 Å². The Labute approximate surface area is 106 Å². The van der Waals surface area contributed by atoms with Crippen LogP contribution in [0.25, 0.3) is 0 Å². The van der Waals surface area contributed by atoms with Gasteiger partial charge in [-0.2, -0.15) is 0 Å². The number of carbonyl (C=O) groups is 1. The van der Waals surface area contributed by atoms with Crippen LogP contribution in [-0.4, -0.2) is 28.2 Å². The number of amides is 1. The van der Waals surface area contributed by atoms with E-state index in [1.165, 1.54) is 12.4 Å². The summed E-state index contributed by atoms with van der Waals surface area (Å²) >= 11 is 0. The van der Waals surface area contributed by atoms with E-state index in [-0.39, 0.29) is 6.54 Å². The van der Waals surface area contributed by atoms with Crippen molar-refractivity contribution in [2.75, 3.05) is 12.3 Å². The Bertz CT molecular complexity index is 466. The van der Waals surface area contributed by atoms with Crippen molar-refractivity contribution in [3.63, 3.8) is 0 Å². The lowest BCUT2D eigenvalue weighted by Crippen LogP contribution is -2.32. The molecule has 0 saturated heterocycles. The Kier molecular flexibility index (Phi) is 4.49. The molecule has 1 heterocycles. The second-order valence-electron chi connectivity index (χ2n) is 4.48. The summed E-state index contributed by atoms with van der Waals surface area (Å²) in [4.78, 5) is 19.1. The van der Waals surface area contributed by atoms with Gasteiger partial charge in [-0.1, -0.05) is 5.92 Å². The van der Waals surface area contributed by atoms with Gasteiger partial charge in [0.25, 0.3) is 0 Å². The van der Waals surface area contributed by atoms with Crippen LogP contribution in [-0.2, 0) is 4.74 Å². The molecule has 0 fully saturated rings. The third kappa shape index (κ3) is 5.70. The number of hydrogen-bond donors (Lipinski definition) is 2. The molecule has 0 bridgehead atoms. The fraction of sp³-hybridized carbons (Fsp3) is 0.417. The van der Waals surface area contributed by atoms with Gasteiger partial charge in [-0.3, -0.25) is 0 Å². The van der Waals surface area contributed by atoms with Gasteiger partial charge < -0.3 is 15.8 Å². The quantitative estimate of drug-likeness (QED) is 0.722. The summed E-state index contributed by atoms with van der Waals surface area (Å²) in [6.07, 6.45) is 2.39. The molecular weight excluding hydrogens is 232 g/mol. The van der Waals surface area contributed by atoms with Crippen molar-refractivity contribution >= 4 is 11.9 Å². The lowest BCUT2D eigenvalue weighted by atomic mass is 10.2. The summed E-state index contributed by atoms with van der Waals surface area (Å²) in [5.74, 6) is 5.81. The molecule has 6 nitrogen and oxygen atoms in total. The highest BCUT2D eigenvalue weighted by atomic mass is 16.6. The highest BCUT2D eigenvalue weighted by molar-refractivity contribution is 5.68. The van der Waals surface area contributed by atoms with Gasteiger partial charge in [0.05, 0.1) is 18.9 Å². The fourth-order valence-corrected chi connectivity index (χ4v) is 0.968. The van der Waals surface area contributed by atoms with Gasteiger partial charge in [0, 0.05) is 0 Å². The van der Waals surface area contributed by atoms with Crippen molar-refractivity contribution in [3.8, 4) is 11.8 Å². The summed E-state index contributed by atoms with van der Waals surface area (Å²) in [5, 5.41) is 2.51. The molecular formula is C12H16N4O2. The topological polar surface area (TPSA) is 90.1 Å². The highest BCUT2D eigenvalue weighted by Crippen LogP contribution is 2.05. The van der Waals surface area contributed by atoms with Gasteiger partial charge in [-0.25, -0.2) is 14.8 Å². The van der Waals surface area contributed by atoms with E-state index >= 15 is 0 Å². The normalized spacial score (nSPS) is 10.2. The molecule has 1 rings (SSSR count). The number of alkyl carbamates (subject to hydrolysis) is 1. The molecule has 0 saturated carbocycles. The van der Waals surface area contributed by atoms with E-state index in [2.05, 4.69) is 27.1 Å². The Morgan fingerprint density at radius 1 is 1.44 bits per heavy atom. The number of anilines is 1. The second-order valence-corrected chi connectivity index (χ2v) is 4.48. The van der Waals surface area contributed by atoms with Crippen LogP contribution in [0.4, 0.5) is 10.6 Å². The number of nitrogens with two attached hydrogens (primary N) is 1. The first kappa shape index (κ1) is 13.8. The second kappa shape index (κ2) is 5.87. The van der Waals surface area contributed by atoms with E-state index in [9.17, 15) is 4.79 Å². The van der Waals surface area contributed by atoms with Crippen LogP contribution in [0, 0.1) is 11.8 Å². The molecule has 0 aliphatic heterocycles. The van der Waals surface area contributed by atoms with Crippen LogP contribution in [0.5, 0.6) is 0 Å². The maximum absolute atomic E-state index is 11.3. The minimum atomic E-state index is -0.514. The third-order valence-corrected chi connectivity index (χ3v) is 1.61. The summed E-state index contributed by atoms with van der Waals surface area (Å²) in [6, 6.07) is 0. The largest absolute Gasteiger partial charge is 0.444 e. The Hall–Kier alpha value is -2.29. The molecule has 0 aliphatic carbocycles. The Morgan fingerprint density at radius 3 is 2.72 bits per heavy atom. The average Bonchev–Trinajstić information content (AvgIpc) is 2.24. The molecule has 6 heteroatoms. The van der Waals surface area contributed by atoms with Crippen LogP contribution >= 0.6 is 0 Å².